The summed E-state index contributed by atoms with van der Waals surface area (Å²) in [5.41, 5.74) is 1.13. The predicted octanol–water partition coefficient (Wildman–Crippen LogP) is 4.69. The Balaban J connectivity index is 1.25. The Kier molecular flexibility index (Phi) is 7.43. The number of carbonyl (C=O) groups is 1. The molecule has 1 fully saturated rings. The number of carbonyl (C=O) groups excluding carboxylic acids is 1. The van der Waals surface area contributed by atoms with Gasteiger partial charge in [-0.25, -0.2) is 0 Å². The van der Waals surface area contributed by atoms with Gasteiger partial charge in [-0.2, -0.15) is 0 Å². The second-order valence-electron chi connectivity index (χ2n) is 8.22. The van der Waals surface area contributed by atoms with Crippen LogP contribution in [0.25, 0.3) is 11.6 Å². The molecule has 34 heavy (non-hydrogen) atoms. The molecule has 9 heteroatoms. The number of nitrogens with one attached hydrogen (secondary N) is 1. The average molecular weight is 494 g/mol. The molecule has 1 atom stereocenters. The average Bonchev–Trinajstić information content (AvgIpc) is 3.67. The lowest BCUT2D eigenvalue weighted by Crippen LogP contribution is -2.37. The Hall–Kier alpha value is -2.88. The van der Waals surface area contributed by atoms with Crippen molar-refractivity contribution < 1.29 is 9.21 Å². The highest BCUT2D eigenvalue weighted by molar-refractivity contribution is 7.99. The van der Waals surface area contributed by atoms with Crippen LogP contribution in [0.3, 0.4) is 0 Å². The highest BCUT2D eigenvalue weighted by atomic mass is 32.2. The van der Waals surface area contributed by atoms with E-state index in [0.717, 1.165) is 18.7 Å². The minimum atomic E-state index is -0.000405. The molecule has 0 aliphatic carbocycles. The maximum absolute atomic E-state index is 12.8. The van der Waals surface area contributed by atoms with Crippen molar-refractivity contribution in [1.29, 1.82) is 0 Å². The molecule has 7 nitrogen and oxygen atoms in total. The maximum atomic E-state index is 12.8. The first-order valence-electron chi connectivity index (χ1n) is 11.5. The third kappa shape index (κ3) is 5.43. The zero-order valence-electron chi connectivity index (χ0n) is 18.8. The van der Waals surface area contributed by atoms with Gasteiger partial charge in [0.15, 0.2) is 10.9 Å². The second-order valence-corrected chi connectivity index (χ2v) is 10.1. The van der Waals surface area contributed by atoms with E-state index >= 15 is 0 Å². The van der Waals surface area contributed by atoms with E-state index in [9.17, 15) is 4.79 Å². The fourth-order valence-corrected chi connectivity index (χ4v) is 5.86. The van der Waals surface area contributed by atoms with Crippen LogP contribution < -0.4 is 5.32 Å². The number of likely N-dealkylation sites (tertiary alicyclic amines) is 1. The molecular formula is C25H27N5O2S2. The smallest absolute Gasteiger partial charge is 0.230 e. The van der Waals surface area contributed by atoms with Crippen molar-refractivity contribution in [2.45, 2.75) is 30.6 Å². The van der Waals surface area contributed by atoms with Crippen LogP contribution in [0.5, 0.6) is 0 Å². The number of hydrogen-bond donors (Lipinski definition) is 1. The number of nitrogens with zero attached hydrogens (tertiary/aromatic N) is 4. The molecule has 1 N–H and O–H groups in total. The van der Waals surface area contributed by atoms with Crippen LogP contribution >= 0.6 is 23.1 Å². The monoisotopic (exact) mass is 493 g/mol. The first-order chi connectivity index (χ1) is 16.8. The number of rotatable bonds is 10. The first kappa shape index (κ1) is 22.9. The molecule has 1 saturated heterocycles. The number of benzene rings is 1. The van der Waals surface area contributed by atoms with Crippen LogP contribution in [0.4, 0.5) is 0 Å². The SMILES string of the molecule is O=C(CSc1nnc(-c2ccco2)n1Cc1ccccc1)NCC(c1cccs1)N1CCCC1. The Bertz CT molecular complexity index is 1170. The Morgan fingerprint density at radius 3 is 2.68 bits per heavy atom. The molecule has 5 rings (SSSR count). The number of amides is 1. The van der Waals surface area contributed by atoms with Crippen molar-refractivity contribution in [3.8, 4) is 11.6 Å². The number of hydrogen-bond acceptors (Lipinski definition) is 7. The number of thioether (sulfide) groups is 1. The lowest BCUT2D eigenvalue weighted by atomic mass is 10.2. The van der Waals surface area contributed by atoms with Crippen molar-refractivity contribution in [3.63, 3.8) is 0 Å². The van der Waals surface area contributed by atoms with Crippen molar-refractivity contribution in [2.75, 3.05) is 25.4 Å². The van der Waals surface area contributed by atoms with E-state index < -0.39 is 0 Å². The minimum absolute atomic E-state index is 0.000405. The van der Waals surface area contributed by atoms with Gasteiger partial charge in [0.05, 0.1) is 24.6 Å². The van der Waals surface area contributed by atoms with Crippen LogP contribution in [0, 0.1) is 0 Å². The molecule has 1 aliphatic rings. The molecule has 3 aromatic heterocycles. The third-order valence-corrected chi connectivity index (χ3v) is 7.86. The molecule has 1 unspecified atom stereocenters. The maximum Gasteiger partial charge on any atom is 0.230 e. The van der Waals surface area contributed by atoms with Crippen molar-refractivity contribution in [2.24, 2.45) is 0 Å². The van der Waals surface area contributed by atoms with Crippen LogP contribution in [-0.4, -0.2) is 51.0 Å². The number of aromatic nitrogens is 3. The molecule has 176 valence electrons. The molecule has 0 spiro atoms. The summed E-state index contributed by atoms with van der Waals surface area (Å²) in [6, 6.07) is 18.3. The Labute approximate surface area is 207 Å². The van der Waals surface area contributed by atoms with Gasteiger partial charge in [0.1, 0.15) is 0 Å². The largest absolute Gasteiger partial charge is 0.461 e. The van der Waals surface area contributed by atoms with E-state index in [1.807, 2.05) is 34.9 Å². The molecule has 1 aromatic carbocycles. The fraction of sp³-hybridized carbons (Fsp3) is 0.320. The molecule has 0 radical (unpaired) electrons. The molecule has 0 saturated carbocycles. The molecule has 1 aliphatic heterocycles. The summed E-state index contributed by atoms with van der Waals surface area (Å²) >= 11 is 3.15. The Morgan fingerprint density at radius 1 is 1.09 bits per heavy atom. The molecule has 0 bridgehead atoms. The second kappa shape index (κ2) is 11.0. The quantitative estimate of drug-likeness (QED) is 0.323. The van der Waals surface area contributed by atoms with Crippen LogP contribution in [0.2, 0.25) is 0 Å². The number of furan rings is 1. The van der Waals surface area contributed by atoms with Crippen molar-refractivity contribution >= 4 is 29.0 Å². The summed E-state index contributed by atoms with van der Waals surface area (Å²) in [7, 11) is 0. The van der Waals surface area contributed by atoms with Gasteiger partial charge in [-0.3, -0.25) is 14.3 Å². The van der Waals surface area contributed by atoms with Gasteiger partial charge >= 0.3 is 0 Å². The highest BCUT2D eigenvalue weighted by Crippen LogP contribution is 2.28. The number of thiophene rings is 1. The van der Waals surface area contributed by atoms with E-state index in [0.29, 0.717) is 29.8 Å². The van der Waals surface area contributed by atoms with Gasteiger partial charge in [0.25, 0.3) is 0 Å². The van der Waals surface area contributed by atoms with E-state index in [-0.39, 0.29) is 17.7 Å². The molecule has 4 heterocycles. The standard InChI is InChI=1S/C25H27N5O2S2/c31-23(26-16-20(22-11-7-15-33-22)29-12-4-5-13-29)18-34-25-28-27-24(21-10-6-14-32-21)30(25)17-19-8-2-1-3-9-19/h1-3,6-11,14-15,20H,4-5,12-13,16-18H2,(H,26,31). The topological polar surface area (TPSA) is 76.2 Å². The summed E-state index contributed by atoms with van der Waals surface area (Å²) in [4.78, 5) is 16.6. The summed E-state index contributed by atoms with van der Waals surface area (Å²) in [5, 5.41) is 14.7. The molecular weight excluding hydrogens is 466 g/mol. The van der Waals surface area contributed by atoms with Gasteiger partial charge in [0.2, 0.25) is 11.7 Å². The lowest BCUT2D eigenvalue weighted by molar-refractivity contribution is -0.118. The van der Waals surface area contributed by atoms with Crippen molar-refractivity contribution in [3.05, 3.63) is 76.7 Å². The Morgan fingerprint density at radius 2 is 1.94 bits per heavy atom. The lowest BCUT2D eigenvalue weighted by Gasteiger charge is -2.26. The van der Waals surface area contributed by atoms with Crippen LogP contribution in [0.1, 0.15) is 29.3 Å². The minimum Gasteiger partial charge on any atom is -0.461 e. The van der Waals surface area contributed by atoms with E-state index in [4.69, 9.17) is 4.42 Å². The normalized spacial score (nSPS) is 14.9. The van der Waals surface area contributed by atoms with Gasteiger partial charge in [-0.05, 0) is 55.1 Å². The zero-order valence-corrected chi connectivity index (χ0v) is 20.4. The van der Waals surface area contributed by atoms with Gasteiger partial charge < -0.3 is 9.73 Å². The van der Waals surface area contributed by atoms with E-state index in [1.165, 1.54) is 29.5 Å². The van der Waals surface area contributed by atoms with Gasteiger partial charge in [-0.1, -0.05) is 48.2 Å². The summed E-state index contributed by atoms with van der Waals surface area (Å²) in [6.45, 7) is 3.40. The fourth-order valence-electron chi connectivity index (χ4n) is 4.23. The van der Waals surface area contributed by atoms with Crippen LogP contribution in [-0.2, 0) is 11.3 Å². The predicted molar refractivity (Wildman–Crippen MR) is 135 cm³/mol. The summed E-state index contributed by atoms with van der Waals surface area (Å²) in [5.74, 6) is 1.59. The first-order valence-corrected chi connectivity index (χ1v) is 13.3. The molecule has 4 aromatic rings. The van der Waals surface area contributed by atoms with Gasteiger partial charge in [-0.15, -0.1) is 21.5 Å². The summed E-state index contributed by atoms with van der Waals surface area (Å²) < 4.78 is 7.58. The van der Waals surface area contributed by atoms with E-state index in [1.54, 1.807) is 17.6 Å². The van der Waals surface area contributed by atoms with E-state index in [2.05, 4.69) is 50.1 Å². The van der Waals surface area contributed by atoms with Crippen LogP contribution in [0.15, 0.2) is 75.8 Å². The molecule has 1 amide bonds. The third-order valence-electron chi connectivity index (χ3n) is 5.92. The summed E-state index contributed by atoms with van der Waals surface area (Å²) in [6.07, 6.45) is 4.07. The zero-order chi connectivity index (χ0) is 23.2. The highest BCUT2D eigenvalue weighted by Gasteiger charge is 2.25. The van der Waals surface area contributed by atoms with Crippen molar-refractivity contribution in [1.82, 2.24) is 25.0 Å². The van der Waals surface area contributed by atoms with Gasteiger partial charge in [0, 0.05) is 11.4 Å².